The highest BCUT2D eigenvalue weighted by Gasteiger charge is 2.34. The number of aryl methyl sites for hydroxylation is 1. The molecule has 3 N–H and O–H groups in total. The highest BCUT2D eigenvalue weighted by molar-refractivity contribution is 8.00. The monoisotopic (exact) mass is 466 g/mol. The van der Waals surface area contributed by atoms with Crippen molar-refractivity contribution in [3.05, 3.63) is 89.2 Å². The summed E-state index contributed by atoms with van der Waals surface area (Å²) in [7, 11) is 0. The number of hydrogen-bond donors (Lipinski definition) is 2. The minimum absolute atomic E-state index is 0.00116. The zero-order valence-corrected chi connectivity index (χ0v) is 18.7. The van der Waals surface area contributed by atoms with E-state index in [2.05, 4.69) is 0 Å². The molecule has 170 valence electrons. The van der Waals surface area contributed by atoms with E-state index in [1.165, 1.54) is 23.9 Å². The average Bonchev–Trinajstić information content (AvgIpc) is 3.17. The number of carboxylic acids is 1. The molecule has 1 saturated heterocycles. The third-order valence-electron chi connectivity index (χ3n) is 5.38. The van der Waals surface area contributed by atoms with Gasteiger partial charge in [-0.1, -0.05) is 24.3 Å². The summed E-state index contributed by atoms with van der Waals surface area (Å²) < 4.78 is 19.3. The van der Waals surface area contributed by atoms with Crippen molar-refractivity contribution in [2.75, 3.05) is 10.7 Å². The minimum atomic E-state index is -1.04. The van der Waals surface area contributed by atoms with E-state index in [1.54, 1.807) is 47.4 Å². The summed E-state index contributed by atoms with van der Waals surface area (Å²) >= 11 is 1.51. The number of anilines is 1. The maximum Gasteiger partial charge on any atom is 0.320 e. The van der Waals surface area contributed by atoms with Crippen LogP contribution in [0.2, 0.25) is 0 Å². The number of carboxylic acid groups (broad SMARTS) is 1. The summed E-state index contributed by atoms with van der Waals surface area (Å²) in [4.78, 5) is 25.3. The Hall–Kier alpha value is -3.36. The highest BCUT2D eigenvalue weighted by atomic mass is 32.2. The molecule has 33 heavy (non-hydrogen) atoms. The number of carbonyl (C=O) groups excluding carboxylic acids is 1. The minimum Gasteiger partial charge on any atom is -0.480 e. The van der Waals surface area contributed by atoms with Crippen molar-refractivity contribution in [3.63, 3.8) is 0 Å². The third kappa shape index (κ3) is 5.18. The zero-order chi connectivity index (χ0) is 23.5. The Morgan fingerprint density at radius 3 is 2.45 bits per heavy atom. The molecule has 0 bridgehead atoms. The summed E-state index contributed by atoms with van der Waals surface area (Å²) in [5, 5.41) is 8.72. The van der Waals surface area contributed by atoms with Gasteiger partial charge in [0.2, 0.25) is 5.91 Å². The molecule has 1 heterocycles. The first-order valence-electron chi connectivity index (χ1n) is 10.4. The molecular weight excluding hydrogens is 443 g/mol. The van der Waals surface area contributed by atoms with Crippen LogP contribution in [0.3, 0.4) is 0 Å². The molecule has 0 radical (unpaired) electrons. The Balaban J connectivity index is 1.50. The van der Waals surface area contributed by atoms with Crippen LogP contribution in [-0.2, 0) is 16.0 Å². The smallest absolute Gasteiger partial charge is 0.320 e. The quantitative estimate of drug-likeness (QED) is 0.526. The molecule has 1 aliphatic rings. The maximum atomic E-state index is 13.3. The summed E-state index contributed by atoms with van der Waals surface area (Å²) in [6.07, 6.45) is 0.237. The van der Waals surface area contributed by atoms with Gasteiger partial charge in [-0.2, -0.15) is 0 Å². The fourth-order valence-electron chi connectivity index (χ4n) is 3.69. The number of thioether (sulfide) groups is 1. The van der Waals surface area contributed by atoms with Crippen LogP contribution in [0.25, 0.3) is 0 Å². The van der Waals surface area contributed by atoms with Crippen LogP contribution in [-0.4, -0.2) is 28.8 Å². The first-order valence-corrected chi connectivity index (χ1v) is 11.4. The number of ether oxygens (including phenoxy) is 1. The number of amides is 1. The van der Waals surface area contributed by atoms with Crippen molar-refractivity contribution in [1.29, 1.82) is 0 Å². The lowest BCUT2D eigenvalue weighted by Gasteiger charge is -2.26. The molecule has 3 aromatic rings. The van der Waals surface area contributed by atoms with Crippen LogP contribution in [0.15, 0.2) is 66.7 Å². The number of rotatable bonds is 7. The summed E-state index contributed by atoms with van der Waals surface area (Å²) in [6, 6.07) is 17.9. The molecule has 0 aromatic heterocycles. The molecule has 2 atom stereocenters. The first kappa shape index (κ1) is 22.8. The van der Waals surface area contributed by atoms with E-state index in [1.807, 2.05) is 19.1 Å². The van der Waals surface area contributed by atoms with Gasteiger partial charge in [-0.15, -0.1) is 11.8 Å². The van der Waals surface area contributed by atoms with Gasteiger partial charge < -0.3 is 15.6 Å². The van der Waals surface area contributed by atoms with Gasteiger partial charge in [0, 0.05) is 5.69 Å². The van der Waals surface area contributed by atoms with Crippen molar-refractivity contribution < 1.29 is 23.8 Å². The van der Waals surface area contributed by atoms with E-state index in [9.17, 15) is 14.0 Å². The van der Waals surface area contributed by atoms with E-state index in [0.29, 0.717) is 17.3 Å². The predicted molar refractivity (Wildman–Crippen MR) is 126 cm³/mol. The molecule has 1 fully saturated rings. The summed E-state index contributed by atoms with van der Waals surface area (Å²) in [6.45, 7) is 1.91. The Labute approximate surface area is 195 Å². The van der Waals surface area contributed by atoms with Crippen LogP contribution in [0.5, 0.6) is 11.5 Å². The van der Waals surface area contributed by atoms with Crippen LogP contribution in [0.4, 0.5) is 10.1 Å². The van der Waals surface area contributed by atoms with Crippen molar-refractivity contribution in [1.82, 2.24) is 0 Å². The highest BCUT2D eigenvalue weighted by Crippen LogP contribution is 2.43. The molecule has 1 aliphatic heterocycles. The van der Waals surface area contributed by atoms with Crippen molar-refractivity contribution in [2.24, 2.45) is 5.73 Å². The molecule has 6 nitrogen and oxygen atoms in total. The molecule has 4 rings (SSSR count). The Bertz CT molecular complexity index is 1170. The van der Waals surface area contributed by atoms with Gasteiger partial charge in [0.15, 0.2) is 0 Å². The van der Waals surface area contributed by atoms with Crippen LogP contribution in [0, 0.1) is 12.7 Å². The van der Waals surface area contributed by atoms with E-state index in [-0.39, 0.29) is 23.5 Å². The number of aliphatic carboxylic acids is 1. The topological polar surface area (TPSA) is 92.9 Å². The molecule has 8 heteroatoms. The van der Waals surface area contributed by atoms with E-state index in [4.69, 9.17) is 15.6 Å². The zero-order valence-electron chi connectivity index (χ0n) is 17.9. The van der Waals surface area contributed by atoms with Crippen LogP contribution in [0.1, 0.15) is 22.1 Å². The Morgan fingerprint density at radius 2 is 1.82 bits per heavy atom. The number of benzene rings is 3. The summed E-state index contributed by atoms with van der Waals surface area (Å²) in [5.41, 5.74) is 8.91. The molecule has 1 amide bonds. The number of halogens is 1. The second kappa shape index (κ2) is 9.64. The van der Waals surface area contributed by atoms with Gasteiger partial charge in [-0.25, -0.2) is 4.39 Å². The first-order chi connectivity index (χ1) is 15.8. The predicted octanol–water partition coefficient (Wildman–Crippen LogP) is 4.66. The van der Waals surface area contributed by atoms with Gasteiger partial charge in [0.05, 0.1) is 5.75 Å². The largest absolute Gasteiger partial charge is 0.480 e. The van der Waals surface area contributed by atoms with Crippen molar-refractivity contribution >= 4 is 29.3 Å². The molecule has 0 saturated carbocycles. The Morgan fingerprint density at radius 1 is 1.15 bits per heavy atom. The second-order valence-electron chi connectivity index (χ2n) is 7.82. The second-order valence-corrected chi connectivity index (χ2v) is 8.89. The molecule has 0 aliphatic carbocycles. The maximum absolute atomic E-state index is 13.3. The molecule has 3 aromatic carbocycles. The molecular formula is C25H23FN2O4S. The van der Waals surface area contributed by atoms with Crippen molar-refractivity contribution in [2.45, 2.75) is 24.8 Å². The van der Waals surface area contributed by atoms with E-state index < -0.39 is 12.0 Å². The fourth-order valence-corrected chi connectivity index (χ4v) is 4.86. The normalized spacial score (nSPS) is 16.6. The lowest BCUT2D eigenvalue weighted by molar-refractivity contribution is -0.138. The van der Waals surface area contributed by atoms with Gasteiger partial charge >= 0.3 is 5.97 Å². The summed E-state index contributed by atoms with van der Waals surface area (Å²) in [5.74, 6) is 0.229. The average molecular weight is 467 g/mol. The fraction of sp³-hybridized carbons (Fsp3) is 0.200. The number of nitrogens with zero attached hydrogens (tertiary/aromatic N) is 1. The molecule has 1 unspecified atom stereocenters. The molecule has 0 spiro atoms. The number of hydrogen-bond acceptors (Lipinski definition) is 5. The van der Waals surface area contributed by atoms with E-state index in [0.717, 1.165) is 22.4 Å². The van der Waals surface area contributed by atoms with Crippen LogP contribution >= 0.6 is 11.8 Å². The third-order valence-corrected chi connectivity index (χ3v) is 6.60. The Kier molecular flexibility index (Phi) is 6.67. The van der Waals surface area contributed by atoms with Crippen LogP contribution < -0.4 is 15.4 Å². The van der Waals surface area contributed by atoms with Gasteiger partial charge in [0.25, 0.3) is 0 Å². The standard InChI is InChI=1S/C25H23FN2O4S/c1-15-12-20(32-19-8-2-16(3-9-19)13-21(27)25(30)31)10-11-22(15)28-23(29)14-33-24(28)17-4-6-18(26)7-5-17/h2-12,21,24H,13-14,27H2,1H3,(H,30,31)/t21-,24?/m0/s1. The number of carbonyl (C=O) groups is 2. The van der Waals surface area contributed by atoms with Gasteiger partial charge in [-0.3, -0.25) is 14.5 Å². The lowest BCUT2D eigenvalue weighted by atomic mass is 10.1. The van der Waals surface area contributed by atoms with Crippen molar-refractivity contribution in [3.8, 4) is 11.5 Å². The SMILES string of the molecule is Cc1cc(Oc2ccc(C[C@H](N)C(=O)O)cc2)ccc1N1C(=O)CSC1c1ccc(F)cc1. The van der Waals surface area contributed by atoms with E-state index >= 15 is 0 Å². The lowest BCUT2D eigenvalue weighted by Crippen LogP contribution is -2.32. The number of nitrogens with two attached hydrogens (primary N) is 1. The van der Waals surface area contributed by atoms with Gasteiger partial charge in [0.1, 0.15) is 28.7 Å². The van der Waals surface area contributed by atoms with Gasteiger partial charge in [-0.05, 0) is 72.5 Å².